The highest BCUT2D eigenvalue weighted by Gasteiger charge is 2.45. The first kappa shape index (κ1) is 16.1. The number of carbonyl (C=O) groups is 1. The zero-order chi connectivity index (χ0) is 18.0. The Hall–Kier alpha value is -3.35. The average Bonchev–Trinajstić information content (AvgIpc) is 2.63. The lowest BCUT2D eigenvalue weighted by Crippen LogP contribution is -2.46. The second-order valence-electron chi connectivity index (χ2n) is 6.41. The molecule has 1 aliphatic carbocycles. The number of hydrogen-bond donors (Lipinski definition) is 2. The lowest BCUT2D eigenvalue weighted by atomic mass is 9.63. The van der Waals surface area contributed by atoms with Crippen LogP contribution >= 0.6 is 0 Å². The Morgan fingerprint density at radius 3 is 2.35 bits per heavy atom. The first-order chi connectivity index (χ1) is 12.7. The molecular formula is C19H18N6O. The highest BCUT2D eigenvalue weighted by atomic mass is 16.2. The predicted octanol–water partition coefficient (Wildman–Crippen LogP) is 2.58. The van der Waals surface area contributed by atoms with Crippen LogP contribution < -0.4 is 11.1 Å². The number of benzene rings is 1. The first-order valence-electron chi connectivity index (χ1n) is 8.45. The maximum absolute atomic E-state index is 12.9. The van der Waals surface area contributed by atoms with Gasteiger partial charge in [0.25, 0.3) is 0 Å². The van der Waals surface area contributed by atoms with E-state index in [1.54, 1.807) is 30.7 Å². The molecule has 1 fully saturated rings. The molecule has 2 aromatic heterocycles. The fourth-order valence-corrected chi connectivity index (χ4v) is 3.25. The normalized spacial score (nSPS) is 15.1. The highest BCUT2D eigenvalue weighted by molar-refractivity contribution is 5.99. The number of nitrogen functional groups attached to an aromatic ring is 1. The van der Waals surface area contributed by atoms with E-state index in [1.165, 1.54) is 0 Å². The standard InChI is InChI=1S/C19H18N6O/c20-18-21-11-14(12-22-18)13-4-6-15(7-5-13)19(8-2-9-19)17(26)24-16-3-1-10-23-25-16/h1,3-7,10-12H,2,8-9H2,(H2,20,21,22)(H,24,25,26). The Labute approximate surface area is 150 Å². The molecular weight excluding hydrogens is 328 g/mol. The summed E-state index contributed by atoms with van der Waals surface area (Å²) in [5, 5.41) is 10.6. The van der Waals surface area contributed by atoms with Gasteiger partial charge in [-0.3, -0.25) is 4.79 Å². The number of carbonyl (C=O) groups excluding carboxylic acids is 1. The van der Waals surface area contributed by atoms with Gasteiger partial charge in [0.1, 0.15) is 0 Å². The Balaban J connectivity index is 1.58. The molecule has 7 nitrogen and oxygen atoms in total. The van der Waals surface area contributed by atoms with Crippen molar-refractivity contribution in [2.24, 2.45) is 0 Å². The first-order valence-corrected chi connectivity index (χ1v) is 8.45. The summed E-state index contributed by atoms with van der Waals surface area (Å²) in [6, 6.07) is 11.5. The third-order valence-corrected chi connectivity index (χ3v) is 4.90. The third kappa shape index (κ3) is 2.88. The van der Waals surface area contributed by atoms with Crippen LogP contribution in [-0.4, -0.2) is 26.1 Å². The van der Waals surface area contributed by atoms with Crippen LogP contribution in [0.5, 0.6) is 0 Å². The van der Waals surface area contributed by atoms with Crippen LogP contribution in [0.15, 0.2) is 55.0 Å². The molecule has 4 rings (SSSR count). The summed E-state index contributed by atoms with van der Waals surface area (Å²) in [4.78, 5) is 20.9. The number of hydrogen-bond acceptors (Lipinski definition) is 6. The van der Waals surface area contributed by atoms with Gasteiger partial charge >= 0.3 is 0 Å². The van der Waals surface area contributed by atoms with Crippen molar-refractivity contribution in [3.8, 4) is 11.1 Å². The van der Waals surface area contributed by atoms with E-state index in [2.05, 4.69) is 25.5 Å². The summed E-state index contributed by atoms with van der Waals surface area (Å²) in [5.41, 5.74) is 7.90. The number of rotatable bonds is 4. The molecule has 1 amide bonds. The topological polar surface area (TPSA) is 107 Å². The van der Waals surface area contributed by atoms with E-state index >= 15 is 0 Å². The van der Waals surface area contributed by atoms with Crippen molar-refractivity contribution in [1.29, 1.82) is 0 Å². The van der Waals surface area contributed by atoms with Gasteiger partial charge in [0.15, 0.2) is 5.82 Å². The van der Waals surface area contributed by atoms with Crippen LogP contribution in [0.4, 0.5) is 11.8 Å². The molecule has 0 atom stereocenters. The van der Waals surface area contributed by atoms with Gasteiger partial charge in [-0.25, -0.2) is 9.97 Å². The van der Waals surface area contributed by atoms with Crippen LogP contribution in [0, 0.1) is 0 Å². The van der Waals surface area contributed by atoms with Gasteiger partial charge < -0.3 is 11.1 Å². The molecule has 0 bridgehead atoms. The minimum absolute atomic E-state index is 0.0344. The van der Waals surface area contributed by atoms with Crippen LogP contribution in [-0.2, 0) is 10.2 Å². The molecule has 0 spiro atoms. The van der Waals surface area contributed by atoms with Crippen molar-refractivity contribution < 1.29 is 4.79 Å². The predicted molar refractivity (Wildman–Crippen MR) is 98.1 cm³/mol. The van der Waals surface area contributed by atoms with Gasteiger partial charge in [-0.2, -0.15) is 5.10 Å². The van der Waals surface area contributed by atoms with E-state index < -0.39 is 5.41 Å². The summed E-state index contributed by atoms with van der Waals surface area (Å²) >= 11 is 0. The van der Waals surface area contributed by atoms with E-state index in [9.17, 15) is 4.79 Å². The molecule has 1 aliphatic rings. The van der Waals surface area contributed by atoms with Crippen molar-refractivity contribution in [2.45, 2.75) is 24.7 Å². The molecule has 0 radical (unpaired) electrons. The molecule has 3 N–H and O–H groups in total. The van der Waals surface area contributed by atoms with E-state index in [4.69, 9.17) is 5.73 Å². The SMILES string of the molecule is Nc1ncc(-c2ccc(C3(C(=O)Nc4cccnn4)CCC3)cc2)cn1. The lowest BCUT2D eigenvalue weighted by Gasteiger charge is -2.40. The number of aromatic nitrogens is 4. The molecule has 1 aromatic carbocycles. The number of nitrogens with zero attached hydrogens (tertiary/aromatic N) is 4. The Bertz CT molecular complexity index is 905. The maximum Gasteiger partial charge on any atom is 0.236 e. The van der Waals surface area contributed by atoms with Gasteiger partial charge in [-0.05, 0) is 36.1 Å². The van der Waals surface area contributed by atoms with Crippen LogP contribution in [0.1, 0.15) is 24.8 Å². The Morgan fingerprint density at radius 2 is 1.77 bits per heavy atom. The number of amides is 1. The monoisotopic (exact) mass is 346 g/mol. The fourth-order valence-electron chi connectivity index (χ4n) is 3.25. The smallest absolute Gasteiger partial charge is 0.236 e. The molecule has 0 unspecified atom stereocenters. The quantitative estimate of drug-likeness (QED) is 0.752. The lowest BCUT2D eigenvalue weighted by molar-refractivity contribution is -0.124. The third-order valence-electron chi connectivity index (χ3n) is 4.90. The summed E-state index contributed by atoms with van der Waals surface area (Å²) in [5.74, 6) is 0.687. The van der Waals surface area contributed by atoms with Gasteiger partial charge in [-0.15, -0.1) is 5.10 Å². The second-order valence-corrected chi connectivity index (χ2v) is 6.41. The summed E-state index contributed by atoms with van der Waals surface area (Å²) < 4.78 is 0. The number of nitrogens with one attached hydrogen (secondary N) is 1. The van der Waals surface area contributed by atoms with Crippen LogP contribution in [0.25, 0.3) is 11.1 Å². The van der Waals surface area contributed by atoms with Crippen molar-refractivity contribution in [1.82, 2.24) is 20.2 Å². The molecule has 0 aliphatic heterocycles. The molecule has 3 aromatic rings. The summed E-state index contributed by atoms with van der Waals surface area (Å²) in [7, 11) is 0. The zero-order valence-electron chi connectivity index (χ0n) is 14.1. The van der Waals surface area contributed by atoms with Crippen molar-refractivity contribution in [2.75, 3.05) is 11.1 Å². The Morgan fingerprint density at radius 1 is 1.04 bits per heavy atom. The summed E-state index contributed by atoms with van der Waals surface area (Å²) in [6.45, 7) is 0. The van der Waals surface area contributed by atoms with E-state index in [0.29, 0.717) is 5.82 Å². The van der Waals surface area contributed by atoms with E-state index in [0.717, 1.165) is 36.0 Å². The van der Waals surface area contributed by atoms with Crippen LogP contribution in [0.2, 0.25) is 0 Å². The average molecular weight is 346 g/mol. The maximum atomic E-state index is 12.9. The van der Waals surface area contributed by atoms with Crippen molar-refractivity contribution in [3.63, 3.8) is 0 Å². The minimum atomic E-state index is -0.506. The minimum Gasteiger partial charge on any atom is -0.368 e. The van der Waals surface area contributed by atoms with Gasteiger partial charge in [0, 0.05) is 24.2 Å². The zero-order valence-corrected chi connectivity index (χ0v) is 14.1. The van der Waals surface area contributed by atoms with Crippen LogP contribution in [0.3, 0.4) is 0 Å². The number of nitrogens with two attached hydrogens (primary N) is 1. The largest absolute Gasteiger partial charge is 0.368 e. The van der Waals surface area contributed by atoms with E-state index in [1.807, 2.05) is 24.3 Å². The number of anilines is 2. The molecule has 1 saturated carbocycles. The molecule has 0 saturated heterocycles. The highest BCUT2D eigenvalue weighted by Crippen LogP contribution is 2.44. The van der Waals surface area contributed by atoms with Gasteiger partial charge in [0.05, 0.1) is 5.41 Å². The second kappa shape index (κ2) is 6.51. The van der Waals surface area contributed by atoms with Crippen molar-refractivity contribution in [3.05, 3.63) is 60.6 Å². The molecule has 2 heterocycles. The summed E-state index contributed by atoms with van der Waals surface area (Å²) in [6.07, 6.45) is 7.64. The van der Waals surface area contributed by atoms with Gasteiger partial charge in [0.2, 0.25) is 11.9 Å². The van der Waals surface area contributed by atoms with E-state index in [-0.39, 0.29) is 11.9 Å². The molecule has 7 heteroatoms. The molecule has 26 heavy (non-hydrogen) atoms. The fraction of sp³-hybridized carbons (Fsp3) is 0.211. The Kier molecular flexibility index (Phi) is 4.04. The van der Waals surface area contributed by atoms with Gasteiger partial charge in [-0.1, -0.05) is 30.7 Å². The molecule has 130 valence electrons. The van der Waals surface area contributed by atoms with Crippen molar-refractivity contribution >= 4 is 17.7 Å².